The Hall–Kier alpha value is -4.25. The molecule has 2 aromatic carbocycles. The molecule has 6 rings (SSSR count). The van der Waals surface area contributed by atoms with Crippen molar-refractivity contribution in [3.63, 3.8) is 0 Å². The van der Waals surface area contributed by atoms with E-state index in [1.807, 2.05) is 59.9 Å². The predicted octanol–water partition coefficient (Wildman–Crippen LogP) is 2.60. The van der Waals surface area contributed by atoms with Crippen molar-refractivity contribution in [3.05, 3.63) is 86.8 Å². The molecule has 0 saturated heterocycles. The molecule has 4 aromatic heterocycles. The minimum atomic E-state index is -0.260. The maximum Gasteiger partial charge on any atom is 0.262 e. The van der Waals surface area contributed by atoms with Crippen LogP contribution in [-0.4, -0.2) is 38.9 Å². The Morgan fingerprint density at radius 2 is 1.85 bits per heavy atom. The Balaban J connectivity index is 1.43. The van der Waals surface area contributed by atoms with Crippen molar-refractivity contribution in [1.82, 2.24) is 38.9 Å². The Bertz CT molecular complexity index is 1830. The van der Waals surface area contributed by atoms with Gasteiger partial charge in [-0.05, 0) is 31.2 Å². The smallest absolute Gasteiger partial charge is 0.262 e. The lowest BCUT2D eigenvalue weighted by Gasteiger charge is -2.08. The number of aromatic nitrogens is 8. The summed E-state index contributed by atoms with van der Waals surface area (Å²) in [5.74, 6) is 1.48. The molecule has 34 heavy (non-hydrogen) atoms. The minimum absolute atomic E-state index is 0.122. The summed E-state index contributed by atoms with van der Waals surface area (Å²) in [4.78, 5) is 32.9. The van der Waals surface area contributed by atoms with Crippen LogP contribution in [0.15, 0.2) is 69.5 Å². The number of hydrogen-bond acceptors (Lipinski definition) is 7. The van der Waals surface area contributed by atoms with Gasteiger partial charge in [-0.15, -0.1) is 10.2 Å². The van der Waals surface area contributed by atoms with E-state index >= 15 is 0 Å². The first-order chi connectivity index (χ1) is 16.5. The molecule has 6 aromatic rings. The average Bonchev–Trinajstić information content (AvgIpc) is 3.47. The van der Waals surface area contributed by atoms with Crippen LogP contribution < -0.4 is 11.1 Å². The van der Waals surface area contributed by atoms with E-state index in [0.717, 1.165) is 16.8 Å². The van der Waals surface area contributed by atoms with E-state index in [4.69, 9.17) is 0 Å². The lowest BCUT2D eigenvalue weighted by molar-refractivity contribution is 0.857. The van der Waals surface area contributed by atoms with Gasteiger partial charge in [-0.2, -0.15) is 5.10 Å². The summed E-state index contributed by atoms with van der Waals surface area (Å²) in [7, 11) is 1.68. The summed E-state index contributed by atoms with van der Waals surface area (Å²) in [6.45, 7) is 1.95. The van der Waals surface area contributed by atoms with Gasteiger partial charge in [0.05, 0.1) is 28.5 Å². The molecular formula is C23H18N8O2S. The van der Waals surface area contributed by atoms with E-state index < -0.39 is 0 Å². The molecule has 0 spiro atoms. The van der Waals surface area contributed by atoms with Gasteiger partial charge in [0.1, 0.15) is 11.2 Å². The first-order valence-electron chi connectivity index (χ1n) is 10.5. The number of para-hydroxylation sites is 1. The van der Waals surface area contributed by atoms with E-state index in [2.05, 4.69) is 25.3 Å². The van der Waals surface area contributed by atoms with Gasteiger partial charge < -0.3 is 4.98 Å². The van der Waals surface area contributed by atoms with Crippen LogP contribution in [0.3, 0.4) is 0 Å². The van der Waals surface area contributed by atoms with Gasteiger partial charge in [0.25, 0.3) is 11.1 Å². The Labute approximate surface area is 195 Å². The van der Waals surface area contributed by atoms with Crippen molar-refractivity contribution < 1.29 is 0 Å². The van der Waals surface area contributed by atoms with Crippen molar-refractivity contribution in [2.75, 3.05) is 0 Å². The molecular weight excluding hydrogens is 452 g/mol. The average molecular weight is 471 g/mol. The van der Waals surface area contributed by atoms with E-state index in [0.29, 0.717) is 38.9 Å². The summed E-state index contributed by atoms with van der Waals surface area (Å²) in [5, 5.41) is 14.4. The molecule has 0 bridgehead atoms. The van der Waals surface area contributed by atoms with Crippen LogP contribution in [-0.2, 0) is 12.8 Å². The lowest BCUT2D eigenvalue weighted by Crippen LogP contribution is -2.20. The number of H-pyrrole nitrogens is 1. The third kappa shape index (κ3) is 3.12. The Morgan fingerprint density at radius 3 is 2.68 bits per heavy atom. The van der Waals surface area contributed by atoms with Crippen molar-refractivity contribution in [3.8, 4) is 5.69 Å². The quantitative estimate of drug-likeness (QED) is 0.311. The second-order valence-corrected chi connectivity index (χ2v) is 8.89. The summed E-state index contributed by atoms with van der Waals surface area (Å²) in [5.41, 5.74) is 2.65. The van der Waals surface area contributed by atoms with Gasteiger partial charge in [-0.1, -0.05) is 41.6 Å². The molecule has 0 radical (unpaired) electrons. The molecule has 0 amide bonds. The minimum Gasteiger partial charge on any atom is -0.301 e. The number of thioether (sulfide) groups is 1. The number of aromatic amines is 1. The van der Waals surface area contributed by atoms with Crippen molar-refractivity contribution in [2.45, 2.75) is 17.8 Å². The van der Waals surface area contributed by atoms with Crippen molar-refractivity contribution in [2.24, 2.45) is 7.05 Å². The van der Waals surface area contributed by atoms with Crippen LogP contribution in [0.4, 0.5) is 0 Å². The molecule has 0 saturated carbocycles. The maximum absolute atomic E-state index is 12.8. The molecule has 11 heteroatoms. The largest absolute Gasteiger partial charge is 0.301 e. The fourth-order valence-corrected chi connectivity index (χ4v) is 4.78. The summed E-state index contributed by atoms with van der Waals surface area (Å²) < 4.78 is 5.01. The second-order valence-electron chi connectivity index (χ2n) is 7.93. The number of rotatable bonds is 4. The van der Waals surface area contributed by atoms with Crippen LogP contribution in [0, 0.1) is 6.92 Å². The molecule has 0 aliphatic rings. The SMILES string of the molecule is Cc1ccc2c(c1)c(=O)n(C)c1nnc(CSc3nc4c(cnn4-c4ccccc4)c(=O)[nH]3)n21. The van der Waals surface area contributed by atoms with Gasteiger partial charge in [-0.3, -0.25) is 18.6 Å². The van der Waals surface area contributed by atoms with Crippen LogP contribution in [0.25, 0.3) is 33.4 Å². The first kappa shape index (κ1) is 20.4. The zero-order chi connectivity index (χ0) is 23.4. The summed E-state index contributed by atoms with van der Waals surface area (Å²) in [6.07, 6.45) is 1.52. The summed E-state index contributed by atoms with van der Waals surface area (Å²) >= 11 is 1.33. The van der Waals surface area contributed by atoms with Gasteiger partial charge >= 0.3 is 0 Å². The Kier molecular flexibility index (Phi) is 4.59. The predicted molar refractivity (Wildman–Crippen MR) is 130 cm³/mol. The van der Waals surface area contributed by atoms with Crippen LogP contribution in [0.1, 0.15) is 11.4 Å². The zero-order valence-corrected chi connectivity index (χ0v) is 19.1. The highest BCUT2D eigenvalue weighted by molar-refractivity contribution is 7.98. The second kappa shape index (κ2) is 7.66. The highest BCUT2D eigenvalue weighted by Gasteiger charge is 2.17. The number of fused-ring (bicyclic) bond motifs is 4. The monoisotopic (exact) mass is 470 g/mol. The molecule has 168 valence electrons. The fraction of sp³-hybridized carbons (Fsp3) is 0.130. The van der Waals surface area contributed by atoms with Crippen molar-refractivity contribution in [1.29, 1.82) is 0 Å². The van der Waals surface area contributed by atoms with Gasteiger partial charge in [0, 0.05) is 7.05 Å². The third-order valence-corrected chi connectivity index (χ3v) is 6.57. The van der Waals surface area contributed by atoms with Crippen molar-refractivity contribution >= 4 is 39.5 Å². The molecule has 0 atom stereocenters. The lowest BCUT2D eigenvalue weighted by atomic mass is 10.1. The van der Waals surface area contributed by atoms with Crippen LogP contribution in [0.5, 0.6) is 0 Å². The van der Waals surface area contributed by atoms with Gasteiger partial charge in [0.2, 0.25) is 5.78 Å². The number of hydrogen-bond donors (Lipinski definition) is 1. The molecule has 1 N–H and O–H groups in total. The Morgan fingerprint density at radius 1 is 1.03 bits per heavy atom. The molecule has 0 fully saturated rings. The fourth-order valence-electron chi connectivity index (χ4n) is 4.01. The normalized spacial score (nSPS) is 11.7. The number of benzene rings is 2. The topological polar surface area (TPSA) is 116 Å². The van der Waals surface area contributed by atoms with E-state index in [1.165, 1.54) is 22.5 Å². The number of aryl methyl sites for hydroxylation is 2. The number of nitrogens with one attached hydrogen (secondary N) is 1. The maximum atomic E-state index is 12.8. The van der Waals surface area contributed by atoms with Crippen LogP contribution >= 0.6 is 11.8 Å². The molecule has 0 unspecified atom stereocenters. The van der Waals surface area contributed by atoms with Gasteiger partial charge in [0.15, 0.2) is 10.8 Å². The van der Waals surface area contributed by atoms with E-state index in [1.54, 1.807) is 11.7 Å². The van der Waals surface area contributed by atoms with E-state index in [9.17, 15) is 9.59 Å². The molecule has 10 nitrogen and oxygen atoms in total. The van der Waals surface area contributed by atoms with Crippen LogP contribution in [0.2, 0.25) is 0 Å². The highest BCUT2D eigenvalue weighted by atomic mass is 32.2. The van der Waals surface area contributed by atoms with E-state index in [-0.39, 0.29) is 11.1 Å². The summed E-state index contributed by atoms with van der Waals surface area (Å²) in [6, 6.07) is 15.3. The molecule has 4 heterocycles. The highest BCUT2D eigenvalue weighted by Crippen LogP contribution is 2.23. The zero-order valence-electron chi connectivity index (χ0n) is 18.3. The van der Waals surface area contributed by atoms with Gasteiger partial charge in [-0.25, -0.2) is 9.67 Å². The molecule has 0 aliphatic carbocycles. The molecule has 0 aliphatic heterocycles. The number of nitrogens with zero attached hydrogens (tertiary/aromatic N) is 7. The standard InChI is InChI=1S/C23H18N8O2S/c1-13-8-9-17-15(10-13)21(33)29(2)23-28-27-18(30(17)23)12-34-22-25-19-16(20(32)26-22)11-24-31(19)14-6-4-3-5-7-14/h3-11H,12H2,1-2H3,(H,25,26,32). The first-order valence-corrected chi connectivity index (χ1v) is 11.5. The third-order valence-electron chi connectivity index (χ3n) is 5.70.